The highest BCUT2D eigenvalue weighted by molar-refractivity contribution is 5.44. The SMILES string of the molecule is C=CC=C.C=Cc1ccc(C)nc1. The Labute approximate surface area is 80.1 Å². The lowest BCUT2D eigenvalue weighted by atomic mass is 10.2. The average molecular weight is 173 g/mol. The number of aromatic nitrogens is 1. The van der Waals surface area contributed by atoms with Crippen molar-refractivity contribution in [3.8, 4) is 0 Å². The van der Waals surface area contributed by atoms with Crippen molar-refractivity contribution in [3.63, 3.8) is 0 Å². The van der Waals surface area contributed by atoms with E-state index in [1.54, 1.807) is 18.2 Å². The van der Waals surface area contributed by atoms with Gasteiger partial charge in [0.15, 0.2) is 0 Å². The molecule has 0 unspecified atom stereocenters. The average Bonchev–Trinajstić information content (AvgIpc) is 2.19. The maximum Gasteiger partial charge on any atom is 0.0373 e. The molecule has 0 aromatic carbocycles. The lowest BCUT2D eigenvalue weighted by Gasteiger charge is -1.90. The molecule has 1 heterocycles. The Hall–Kier alpha value is -1.63. The summed E-state index contributed by atoms with van der Waals surface area (Å²) in [5.74, 6) is 0. The molecule has 1 heteroatoms. The maximum atomic E-state index is 4.08. The third-order valence-electron chi connectivity index (χ3n) is 1.34. The second-order valence-corrected chi connectivity index (χ2v) is 2.41. The van der Waals surface area contributed by atoms with Gasteiger partial charge in [-0.1, -0.05) is 44.0 Å². The van der Waals surface area contributed by atoms with Gasteiger partial charge in [-0.15, -0.1) is 0 Å². The monoisotopic (exact) mass is 173 g/mol. The van der Waals surface area contributed by atoms with Crippen molar-refractivity contribution in [2.24, 2.45) is 0 Å². The number of hydrogen-bond donors (Lipinski definition) is 0. The molecule has 1 rings (SSSR count). The van der Waals surface area contributed by atoms with Crippen molar-refractivity contribution >= 4 is 6.08 Å². The first-order valence-corrected chi connectivity index (χ1v) is 4.03. The van der Waals surface area contributed by atoms with Crippen LogP contribution in [0.4, 0.5) is 0 Å². The molecule has 0 saturated heterocycles. The molecule has 0 saturated carbocycles. The van der Waals surface area contributed by atoms with Crippen molar-refractivity contribution in [2.45, 2.75) is 6.92 Å². The van der Waals surface area contributed by atoms with Crippen LogP contribution in [0.25, 0.3) is 6.08 Å². The number of aryl methyl sites for hydroxylation is 1. The number of rotatable bonds is 2. The van der Waals surface area contributed by atoms with E-state index in [4.69, 9.17) is 0 Å². The highest BCUT2D eigenvalue weighted by Crippen LogP contribution is 1.98. The zero-order chi connectivity index (χ0) is 10.1. The van der Waals surface area contributed by atoms with E-state index in [2.05, 4.69) is 24.7 Å². The third-order valence-corrected chi connectivity index (χ3v) is 1.34. The lowest BCUT2D eigenvalue weighted by Crippen LogP contribution is -1.78. The van der Waals surface area contributed by atoms with E-state index < -0.39 is 0 Å². The molecule has 0 aliphatic rings. The summed E-state index contributed by atoms with van der Waals surface area (Å²) in [6.45, 7) is 12.3. The number of nitrogens with zero attached hydrogens (tertiary/aromatic N) is 1. The van der Waals surface area contributed by atoms with Gasteiger partial charge in [0, 0.05) is 11.9 Å². The molecule has 1 aromatic heterocycles. The maximum absolute atomic E-state index is 4.08. The molecule has 0 aliphatic carbocycles. The first-order chi connectivity index (χ1) is 6.24. The number of pyridine rings is 1. The molecule has 0 atom stereocenters. The first kappa shape index (κ1) is 11.4. The first-order valence-electron chi connectivity index (χ1n) is 4.03. The Morgan fingerprint density at radius 1 is 1.15 bits per heavy atom. The molecule has 0 spiro atoms. The zero-order valence-corrected chi connectivity index (χ0v) is 8.03. The molecule has 0 bridgehead atoms. The fourth-order valence-corrected chi connectivity index (χ4v) is 0.600. The van der Waals surface area contributed by atoms with Gasteiger partial charge in [0.1, 0.15) is 0 Å². The Bertz CT molecular complexity index is 264. The lowest BCUT2D eigenvalue weighted by molar-refractivity contribution is 1.19. The molecule has 68 valence electrons. The minimum absolute atomic E-state index is 1.04. The molecular formula is C12H15N. The van der Waals surface area contributed by atoms with Crippen molar-refractivity contribution in [2.75, 3.05) is 0 Å². The Morgan fingerprint density at radius 2 is 1.77 bits per heavy atom. The Balaban J connectivity index is 0.000000310. The second kappa shape index (κ2) is 7.04. The van der Waals surface area contributed by atoms with Crippen LogP contribution in [-0.4, -0.2) is 4.98 Å². The van der Waals surface area contributed by atoms with Crippen LogP contribution in [0.15, 0.2) is 50.2 Å². The van der Waals surface area contributed by atoms with Gasteiger partial charge in [0.05, 0.1) is 0 Å². The summed E-state index contributed by atoms with van der Waals surface area (Å²) in [5.41, 5.74) is 2.11. The van der Waals surface area contributed by atoms with E-state index in [1.165, 1.54) is 0 Å². The summed E-state index contributed by atoms with van der Waals surface area (Å²) in [5, 5.41) is 0. The van der Waals surface area contributed by atoms with Crippen LogP contribution >= 0.6 is 0 Å². The largest absolute Gasteiger partial charge is 0.261 e. The molecule has 13 heavy (non-hydrogen) atoms. The molecule has 0 radical (unpaired) electrons. The quantitative estimate of drug-likeness (QED) is 0.625. The zero-order valence-electron chi connectivity index (χ0n) is 8.03. The predicted molar refractivity (Wildman–Crippen MR) is 59.5 cm³/mol. The van der Waals surface area contributed by atoms with Gasteiger partial charge >= 0.3 is 0 Å². The van der Waals surface area contributed by atoms with Gasteiger partial charge in [-0.25, -0.2) is 0 Å². The normalized spacial score (nSPS) is 7.77. The van der Waals surface area contributed by atoms with E-state index in [0.717, 1.165) is 11.3 Å². The van der Waals surface area contributed by atoms with E-state index in [1.807, 2.05) is 25.3 Å². The van der Waals surface area contributed by atoms with E-state index in [9.17, 15) is 0 Å². The molecule has 0 aliphatic heterocycles. The fourth-order valence-electron chi connectivity index (χ4n) is 0.600. The summed E-state index contributed by atoms with van der Waals surface area (Å²) >= 11 is 0. The standard InChI is InChI=1S/C8H9N.C4H6/c1-3-8-5-4-7(2)9-6-8;1-3-4-2/h3-6H,1H2,2H3;3-4H,1-2H2. The molecule has 0 amide bonds. The number of allylic oxidation sites excluding steroid dienone is 2. The number of hydrogen-bond acceptors (Lipinski definition) is 1. The fraction of sp³-hybridized carbons (Fsp3) is 0.0833. The second-order valence-electron chi connectivity index (χ2n) is 2.41. The van der Waals surface area contributed by atoms with Crippen molar-refractivity contribution in [1.29, 1.82) is 0 Å². The summed E-state index contributed by atoms with van der Waals surface area (Å²) in [7, 11) is 0. The molecule has 0 N–H and O–H groups in total. The summed E-state index contributed by atoms with van der Waals surface area (Å²) in [6, 6.07) is 3.96. The van der Waals surface area contributed by atoms with Crippen LogP contribution in [0.3, 0.4) is 0 Å². The highest BCUT2D eigenvalue weighted by Gasteiger charge is 1.83. The van der Waals surface area contributed by atoms with Crippen LogP contribution in [0, 0.1) is 6.92 Å². The van der Waals surface area contributed by atoms with Gasteiger partial charge < -0.3 is 0 Å². The van der Waals surface area contributed by atoms with E-state index in [-0.39, 0.29) is 0 Å². The summed E-state index contributed by atoms with van der Waals surface area (Å²) in [6.07, 6.45) is 6.87. The smallest absolute Gasteiger partial charge is 0.0373 e. The van der Waals surface area contributed by atoms with Crippen molar-refractivity contribution in [1.82, 2.24) is 4.98 Å². The Kier molecular flexibility index (Phi) is 6.16. The molecule has 0 fully saturated rings. The predicted octanol–water partition coefficient (Wildman–Crippen LogP) is 3.39. The van der Waals surface area contributed by atoms with Gasteiger partial charge in [-0.3, -0.25) is 4.98 Å². The van der Waals surface area contributed by atoms with Gasteiger partial charge in [0.2, 0.25) is 0 Å². The minimum atomic E-state index is 1.04. The Morgan fingerprint density at radius 3 is 2.08 bits per heavy atom. The van der Waals surface area contributed by atoms with Gasteiger partial charge in [-0.2, -0.15) is 0 Å². The van der Waals surface area contributed by atoms with Crippen LogP contribution in [0.5, 0.6) is 0 Å². The van der Waals surface area contributed by atoms with E-state index >= 15 is 0 Å². The van der Waals surface area contributed by atoms with Crippen LogP contribution in [-0.2, 0) is 0 Å². The summed E-state index contributed by atoms with van der Waals surface area (Å²) in [4.78, 5) is 4.08. The van der Waals surface area contributed by atoms with Crippen LogP contribution in [0.1, 0.15) is 11.3 Å². The highest BCUT2D eigenvalue weighted by atomic mass is 14.6. The summed E-state index contributed by atoms with van der Waals surface area (Å²) < 4.78 is 0. The topological polar surface area (TPSA) is 12.9 Å². The van der Waals surface area contributed by atoms with Gasteiger partial charge in [0.25, 0.3) is 0 Å². The van der Waals surface area contributed by atoms with Crippen molar-refractivity contribution < 1.29 is 0 Å². The molecule has 1 aromatic rings. The third kappa shape index (κ3) is 5.62. The van der Waals surface area contributed by atoms with Gasteiger partial charge in [-0.05, 0) is 18.6 Å². The van der Waals surface area contributed by atoms with Crippen LogP contribution in [0.2, 0.25) is 0 Å². The van der Waals surface area contributed by atoms with Crippen molar-refractivity contribution in [3.05, 3.63) is 61.5 Å². The van der Waals surface area contributed by atoms with Crippen LogP contribution < -0.4 is 0 Å². The minimum Gasteiger partial charge on any atom is -0.261 e. The molecule has 1 nitrogen and oxygen atoms in total. The molecular weight excluding hydrogens is 158 g/mol. The van der Waals surface area contributed by atoms with E-state index in [0.29, 0.717) is 0 Å².